The number of carbonyl (C=O) groups is 1. The zero-order valence-corrected chi connectivity index (χ0v) is 11.4. The first-order valence-electron chi connectivity index (χ1n) is 6.30. The Hall–Kier alpha value is -1.83. The monoisotopic (exact) mass is 260 g/mol. The van der Waals surface area contributed by atoms with Gasteiger partial charge in [-0.05, 0) is 30.7 Å². The zero-order valence-electron chi connectivity index (χ0n) is 11.4. The molecule has 1 aromatic rings. The van der Waals surface area contributed by atoms with E-state index in [0.717, 1.165) is 12.0 Å². The Morgan fingerprint density at radius 2 is 2.11 bits per heavy atom. The van der Waals surface area contributed by atoms with E-state index in [-0.39, 0.29) is 11.9 Å². The molecular weight excluding hydrogens is 240 g/mol. The van der Waals surface area contributed by atoms with Gasteiger partial charge in [0.05, 0.1) is 19.2 Å². The molecule has 1 aromatic carbocycles. The average Bonchev–Trinajstić information content (AvgIpc) is 2.45. The van der Waals surface area contributed by atoms with Crippen LogP contribution in [-0.2, 0) is 4.74 Å². The summed E-state index contributed by atoms with van der Waals surface area (Å²) < 4.78 is 5.05. The van der Waals surface area contributed by atoms with Crippen LogP contribution in [0.4, 0.5) is 0 Å². The summed E-state index contributed by atoms with van der Waals surface area (Å²) in [6, 6.07) is 7.18. The maximum atomic E-state index is 12.0. The standard InChI is InChI=1S/C15H20N2O2/c1-3-14(11-19-2)17-15(18)13-8-6-12(7-9-13)5-4-10-16/h6-9,14H,3,10-11,16H2,1-2H3,(H,17,18). The smallest absolute Gasteiger partial charge is 0.251 e. The van der Waals surface area contributed by atoms with Crippen molar-refractivity contribution in [3.63, 3.8) is 0 Å². The summed E-state index contributed by atoms with van der Waals surface area (Å²) in [7, 11) is 1.62. The number of methoxy groups -OCH3 is 1. The molecule has 0 bridgehead atoms. The van der Waals surface area contributed by atoms with Crippen LogP contribution in [0.2, 0.25) is 0 Å². The molecule has 0 heterocycles. The molecule has 19 heavy (non-hydrogen) atoms. The maximum absolute atomic E-state index is 12.0. The van der Waals surface area contributed by atoms with Crippen LogP contribution in [0.25, 0.3) is 0 Å². The van der Waals surface area contributed by atoms with E-state index in [1.165, 1.54) is 0 Å². The van der Waals surface area contributed by atoms with Crippen LogP contribution in [0.3, 0.4) is 0 Å². The molecule has 3 N–H and O–H groups in total. The Labute approximate surface area is 114 Å². The SMILES string of the molecule is CCC(COC)NC(=O)c1ccc(C#CCN)cc1. The van der Waals surface area contributed by atoms with Gasteiger partial charge in [0.2, 0.25) is 0 Å². The molecule has 0 aliphatic rings. The van der Waals surface area contributed by atoms with E-state index in [1.54, 1.807) is 19.2 Å². The molecule has 0 fully saturated rings. The van der Waals surface area contributed by atoms with Crippen LogP contribution in [-0.4, -0.2) is 32.2 Å². The first kappa shape index (κ1) is 15.2. The molecule has 0 aliphatic carbocycles. The molecule has 4 nitrogen and oxygen atoms in total. The fourth-order valence-electron chi connectivity index (χ4n) is 1.59. The first-order valence-corrected chi connectivity index (χ1v) is 6.30. The molecule has 0 saturated heterocycles. The van der Waals surface area contributed by atoms with E-state index < -0.39 is 0 Å². The van der Waals surface area contributed by atoms with Crippen LogP contribution in [0.1, 0.15) is 29.3 Å². The second-order valence-electron chi connectivity index (χ2n) is 4.12. The van der Waals surface area contributed by atoms with Crippen LogP contribution >= 0.6 is 0 Å². The summed E-state index contributed by atoms with van der Waals surface area (Å²) in [4.78, 5) is 12.0. The Morgan fingerprint density at radius 1 is 1.42 bits per heavy atom. The lowest BCUT2D eigenvalue weighted by atomic mass is 10.1. The number of rotatable bonds is 5. The maximum Gasteiger partial charge on any atom is 0.251 e. The summed E-state index contributed by atoms with van der Waals surface area (Å²) in [5.74, 6) is 5.59. The van der Waals surface area contributed by atoms with E-state index in [1.807, 2.05) is 19.1 Å². The van der Waals surface area contributed by atoms with Gasteiger partial charge in [-0.2, -0.15) is 0 Å². The molecule has 4 heteroatoms. The third-order valence-electron chi connectivity index (χ3n) is 2.68. The lowest BCUT2D eigenvalue weighted by molar-refractivity contribution is 0.0894. The quantitative estimate of drug-likeness (QED) is 0.781. The van der Waals surface area contributed by atoms with Gasteiger partial charge in [0, 0.05) is 18.2 Å². The molecule has 1 atom stereocenters. The highest BCUT2D eigenvalue weighted by Gasteiger charge is 2.11. The Balaban J connectivity index is 2.67. The van der Waals surface area contributed by atoms with Crippen molar-refractivity contribution in [2.45, 2.75) is 19.4 Å². The summed E-state index contributed by atoms with van der Waals surface area (Å²) in [5.41, 5.74) is 6.77. The van der Waals surface area contributed by atoms with Gasteiger partial charge >= 0.3 is 0 Å². The summed E-state index contributed by atoms with van der Waals surface area (Å²) in [5, 5.41) is 2.93. The largest absolute Gasteiger partial charge is 0.383 e. The molecule has 0 spiro atoms. The van der Waals surface area contributed by atoms with Gasteiger partial charge in [0.1, 0.15) is 0 Å². The second-order valence-corrected chi connectivity index (χ2v) is 4.12. The zero-order chi connectivity index (χ0) is 14.1. The van der Waals surface area contributed by atoms with E-state index in [4.69, 9.17) is 10.5 Å². The average molecular weight is 260 g/mol. The Kier molecular flexibility index (Phi) is 6.65. The molecule has 1 unspecified atom stereocenters. The first-order chi connectivity index (χ1) is 9.21. The van der Waals surface area contributed by atoms with Crippen molar-refractivity contribution < 1.29 is 9.53 Å². The minimum atomic E-state index is -0.0952. The predicted octanol–water partition coefficient (Wildman–Crippen LogP) is 1.15. The van der Waals surface area contributed by atoms with Gasteiger partial charge in [-0.15, -0.1) is 0 Å². The number of ether oxygens (including phenoxy) is 1. The minimum Gasteiger partial charge on any atom is -0.383 e. The molecular formula is C15H20N2O2. The van der Waals surface area contributed by atoms with Crippen molar-refractivity contribution in [2.24, 2.45) is 5.73 Å². The lowest BCUT2D eigenvalue weighted by Crippen LogP contribution is -2.37. The summed E-state index contributed by atoms with van der Waals surface area (Å²) >= 11 is 0. The molecule has 102 valence electrons. The molecule has 1 amide bonds. The van der Waals surface area contributed by atoms with Crippen molar-refractivity contribution in [2.75, 3.05) is 20.3 Å². The Morgan fingerprint density at radius 3 is 2.63 bits per heavy atom. The van der Waals surface area contributed by atoms with Crippen molar-refractivity contribution in [1.82, 2.24) is 5.32 Å². The van der Waals surface area contributed by atoms with Gasteiger partial charge in [0.25, 0.3) is 5.91 Å². The van der Waals surface area contributed by atoms with Crippen LogP contribution in [0.5, 0.6) is 0 Å². The van der Waals surface area contributed by atoms with E-state index in [0.29, 0.717) is 18.7 Å². The molecule has 0 aromatic heterocycles. The van der Waals surface area contributed by atoms with E-state index in [9.17, 15) is 4.79 Å². The van der Waals surface area contributed by atoms with Crippen molar-refractivity contribution >= 4 is 5.91 Å². The molecule has 0 aliphatic heterocycles. The number of hydrogen-bond donors (Lipinski definition) is 2. The van der Waals surface area contributed by atoms with Crippen molar-refractivity contribution in [3.8, 4) is 11.8 Å². The van der Waals surface area contributed by atoms with Crippen LogP contribution < -0.4 is 11.1 Å². The number of benzene rings is 1. The van der Waals surface area contributed by atoms with E-state index >= 15 is 0 Å². The highest BCUT2D eigenvalue weighted by molar-refractivity contribution is 5.94. The highest BCUT2D eigenvalue weighted by Crippen LogP contribution is 2.04. The van der Waals surface area contributed by atoms with Crippen LogP contribution in [0, 0.1) is 11.8 Å². The van der Waals surface area contributed by atoms with Crippen LogP contribution in [0.15, 0.2) is 24.3 Å². The third-order valence-corrected chi connectivity index (χ3v) is 2.68. The number of amides is 1. The van der Waals surface area contributed by atoms with Gasteiger partial charge in [-0.3, -0.25) is 4.79 Å². The number of nitrogens with one attached hydrogen (secondary N) is 1. The van der Waals surface area contributed by atoms with E-state index in [2.05, 4.69) is 17.2 Å². The topological polar surface area (TPSA) is 64.3 Å². The lowest BCUT2D eigenvalue weighted by Gasteiger charge is -2.15. The van der Waals surface area contributed by atoms with Gasteiger partial charge in [-0.25, -0.2) is 0 Å². The molecule has 0 radical (unpaired) electrons. The molecule has 0 saturated carbocycles. The second kappa shape index (κ2) is 8.30. The fourth-order valence-corrected chi connectivity index (χ4v) is 1.59. The van der Waals surface area contributed by atoms with Gasteiger partial charge in [-0.1, -0.05) is 18.8 Å². The van der Waals surface area contributed by atoms with Crippen molar-refractivity contribution in [3.05, 3.63) is 35.4 Å². The number of nitrogens with two attached hydrogens (primary N) is 1. The van der Waals surface area contributed by atoms with Gasteiger partial charge < -0.3 is 15.8 Å². The highest BCUT2D eigenvalue weighted by atomic mass is 16.5. The summed E-state index contributed by atoms with van der Waals surface area (Å²) in [6.45, 7) is 2.86. The Bertz CT molecular complexity index is 457. The normalized spacial score (nSPS) is 11.3. The number of hydrogen-bond acceptors (Lipinski definition) is 3. The fraction of sp³-hybridized carbons (Fsp3) is 0.400. The van der Waals surface area contributed by atoms with Crippen molar-refractivity contribution in [1.29, 1.82) is 0 Å². The number of carbonyl (C=O) groups excluding carboxylic acids is 1. The molecule has 1 rings (SSSR count). The predicted molar refractivity (Wildman–Crippen MR) is 75.8 cm³/mol. The van der Waals surface area contributed by atoms with Gasteiger partial charge in [0.15, 0.2) is 0 Å². The minimum absolute atomic E-state index is 0.0363. The summed E-state index contributed by atoms with van der Waals surface area (Å²) in [6.07, 6.45) is 0.833. The third kappa shape index (κ3) is 5.12.